The zero-order valence-corrected chi connectivity index (χ0v) is 11.5. The Morgan fingerprint density at radius 1 is 1.50 bits per heavy atom. The first-order valence-electron chi connectivity index (χ1n) is 6.11. The van der Waals surface area contributed by atoms with E-state index in [0.29, 0.717) is 6.04 Å². The molecule has 1 aromatic carbocycles. The lowest BCUT2D eigenvalue weighted by molar-refractivity contribution is 0.415. The molecule has 1 aliphatic rings. The van der Waals surface area contributed by atoms with E-state index < -0.39 is 0 Å². The number of aromatic nitrogens is 2. The Bertz CT molecular complexity index is 561. The molecule has 3 rings (SSSR count). The molecule has 4 nitrogen and oxygen atoms in total. The van der Waals surface area contributed by atoms with Crippen LogP contribution in [0.5, 0.6) is 5.75 Å². The molecule has 1 atom stereocenters. The molecule has 0 radical (unpaired) electrons. The molecule has 0 bridgehead atoms. The van der Waals surface area contributed by atoms with Crippen molar-refractivity contribution < 1.29 is 4.74 Å². The number of nitrogens with zero attached hydrogens (tertiary/aromatic N) is 2. The molecule has 0 aliphatic carbocycles. The predicted octanol–water partition coefficient (Wildman–Crippen LogP) is 1.96. The highest BCUT2D eigenvalue weighted by molar-refractivity contribution is 7.99. The predicted molar refractivity (Wildman–Crippen MR) is 75.3 cm³/mol. The quantitative estimate of drug-likeness (QED) is 0.899. The van der Waals surface area contributed by atoms with Gasteiger partial charge in [-0.25, -0.2) is 4.98 Å². The summed E-state index contributed by atoms with van der Waals surface area (Å²) in [6.07, 6.45) is 0. The SMILES string of the molecule is COc1ccc2c(c1)nc(C1CSCCN1)n2C. The van der Waals surface area contributed by atoms with Crippen molar-refractivity contribution >= 4 is 22.8 Å². The molecular formula is C13H17N3OS. The monoisotopic (exact) mass is 263 g/mol. The van der Waals surface area contributed by atoms with Gasteiger partial charge in [-0.3, -0.25) is 0 Å². The summed E-state index contributed by atoms with van der Waals surface area (Å²) >= 11 is 1.98. The highest BCUT2D eigenvalue weighted by Gasteiger charge is 2.20. The molecule has 18 heavy (non-hydrogen) atoms. The maximum atomic E-state index is 5.25. The van der Waals surface area contributed by atoms with Crippen LogP contribution in [-0.4, -0.2) is 34.7 Å². The summed E-state index contributed by atoms with van der Waals surface area (Å²) < 4.78 is 7.43. The van der Waals surface area contributed by atoms with Crippen LogP contribution >= 0.6 is 11.8 Å². The number of thioether (sulfide) groups is 1. The molecule has 0 spiro atoms. The van der Waals surface area contributed by atoms with E-state index in [9.17, 15) is 0 Å². The van der Waals surface area contributed by atoms with Crippen LogP contribution in [0, 0.1) is 0 Å². The van der Waals surface area contributed by atoms with Crippen molar-refractivity contribution in [1.82, 2.24) is 14.9 Å². The standard InChI is InChI=1S/C13H17N3OS/c1-16-12-4-3-9(17-2)7-10(12)15-13(16)11-8-18-6-5-14-11/h3-4,7,11,14H,5-6,8H2,1-2H3. The molecule has 5 heteroatoms. The molecule has 1 saturated heterocycles. The van der Waals surface area contributed by atoms with Gasteiger partial charge in [0.15, 0.2) is 0 Å². The van der Waals surface area contributed by atoms with Gasteiger partial charge in [0.2, 0.25) is 0 Å². The van der Waals surface area contributed by atoms with E-state index in [1.165, 1.54) is 5.75 Å². The van der Waals surface area contributed by atoms with Gasteiger partial charge in [0, 0.05) is 31.2 Å². The van der Waals surface area contributed by atoms with Crippen LogP contribution in [0.2, 0.25) is 0 Å². The van der Waals surface area contributed by atoms with E-state index in [1.807, 2.05) is 23.9 Å². The van der Waals surface area contributed by atoms with Crippen LogP contribution in [0.3, 0.4) is 0 Å². The van der Waals surface area contributed by atoms with E-state index in [-0.39, 0.29) is 0 Å². The van der Waals surface area contributed by atoms with Crippen LogP contribution in [-0.2, 0) is 7.05 Å². The summed E-state index contributed by atoms with van der Waals surface area (Å²) in [5.41, 5.74) is 2.16. The number of benzene rings is 1. The van der Waals surface area contributed by atoms with Gasteiger partial charge in [-0.1, -0.05) is 0 Å². The minimum absolute atomic E-state index is 0.354. The fraction of sp³-hybridized carbons (Fsp3) is 0.462. The Morgan fingerprint density at radius 3 is 3.11 bits per heavy atom. The van der Waals surface area contributed by atoms with Crippen LogP contribution in [0.4, 0.5) is 0 Å². The Labute approximate surface area is 111 Å². The van der Waals surface area contributed by atoms with E-state index in [0.717, 1.165) is 34.9 Å². The van der Waals surface area contributed by atoms with Gasteiger partial charge in [-0.15, -0.1) is 0 Å². The fourth-order valence-corrected chi connectivity index (χ4v) is 3.30. The number of nitrogens with one attached hydrogen (secondary N) is 1. The van der Waals surface area contributed by atoms with Gasteiger partial charge in [-0.2, -0.15) is 11.8 Å². The first-order chi connectivity index (χ1) is 8.79. The number of ether oxygens (including phenoxy) is 1. The minimum Gasteiger partial charge on any atom is -0.497 e. The third-order valence-corrected chi connectivity index (χ3v) is 4.42. The van der Waals surface area contributed by atoms with Crippen molar-refractivity contribution in [2.24, 2.45) is 7.05 Å². The van der Waals surface area contributed by atoms with Gasteiger partial charge < -0.3 is 14.6 Å². The Morgan fingerprint density at radius 2 is 2.39 bits per heavy atom. The smallest absolute Gasteiger partial charge is 0.127 e. The van der Waals surface area contributed by atoms with Crippen molar-refractivity contribution in [3.8, 4) is 5.75 Å². The van der Waals surface area contributed by atoms with Gasteiger partial charge in [0.25, 0.3) is 0 Å². The molecule has 96 valence electrons. The first-order valence-corrected chi connectivity index (χ1v) is 7.26. The molecule has 1 aromatic heterocycles. The van der Waals surface area contributed by atoms with Crippen LogP contribution in [0.15, 0.2) is 18.2 Å². The number of hydrogen-bond acceptors (Lipinski definition) is 4. The summed E-state index contributed by atoms with van der Waals surface area (Å²) in [4.78, 5) is 4.75. The summed E-state index contributed by atoms with van der Waals surface area (Å²) in [6, 6.07) is 6.40. The lowest BCUT2D eigenvalue weighted by Crippen LogP contribution is -2.32. The van der Waals surface area contributed by atoms with Crippen molar-refractivity contribution in [2.45, 2.75) is 6.04 Å². The number of aryl methyl sites for hydroxylation is 1. The topological polar surface area (TPSA) is 39.1 Å². The maximum Gasteiger partial charge on any atom is 0.127 e. The van der Waals surface area contributed by atoms with Gasteiger partial charge in [-0.05, 0) is 12.1 Å². The number of imidazole rings is 1. The van der Waals surface area contributed by atoms with E-state index >= 15 is 0 Å². The van der Waals surface area contributed by atoms with E-state index in [2.05, 4.69) is 23.0 Å². The summed E-state index contributed by atoms with van der Waals surface area (Å²) in [5.74, 6) is 4.26. The van der Waals surface area contributed by atoms with Crippen molar-refractivity contribution in [2.75, 3.05) is 25.2 Å². The highest BCUT2D eigenvalue weighted by atomic mass is 32.2. The van der Waals surface area contributed by atoms with Crippen LogP contribution < -0.4 is 10.1 Å². The second-order valence-corrected chi connectivity index (χ2v) is 5.62. The number of rotatable bonds is 2. The Balaban J connectivity index is 2.04. The third-order valence-electron chi connectivity index (χ3n) is 3.36. The first kappa shape index (κ1) is 11.9. The third kappa shape index (κ3) is 1.97. The molecule has 2 aromatic rings. The Hall–Kier alpha value is -1.20. The lowest BCUT2D eigenvalue weighted by Gasteiger charge is -2.22. The molecule has 1 aliphatic heterocycles. The fourth-order valence-electron chi connectivity index (χ4n) is 2.37. The summed E-state index contributed by atoms with van der Waals surface area (Å²) in [7, 11) is 3.77. The molecule has 0 saturated carbocycles. The second-order valence-electron chi connectivity index (χ2n) is 4.47. The largest absolute Gasteiger partial charge is 0.497 e. The average Bonchev–Trinajstić information content (AvgIpc) is 2.76. The van der Waals surface area contributed by atoms with Crippen molar-refractivity contribution in [1.29, 1.82) is 0 Å². The average molecular weight is 263 g/mol. The molecule has 1 N–H and O–H groups in total. The molecule has 1 unspecified atom stereocenters. The van der Waals surface area contributed by atoms with E-state index in [4.69, 9.17) is 9.72 Å². The summed E-state index contributed by atoms with van der Waals surface area (Å²) in [5, 5.41) is 3.53. The zero-order chi connectivity index (χ0) is 12.5. The van der Waals surface area contributed by atoms with Gasteiger partial charge in [0.05, 0.1) is 24.2 Å². The van der Waals surface area contributed by atoms with Crippen molar-refractivity contribution in [3.05, 3.63) is 24.0 Å². The zero-order valence-electron chi connectivity index (χ0n) is 10.6. The minimum atomic E-state index is 0.354. The molecule has 1 fully saturated rings. The number of methoxy groups -OCH3 is 1. The van der Waals surface area contributed by atoms with Gasteiger partial charge in [0.1, 0.15) is 11.6 Å². The number of fused-ring (bicyclic) bond motifs is 1. The lowest BCUT2D eigenvalue weighted by atomic mass is 10.3. The highest BCUT2D eigenvalue weighted by Crippen LogP contribution is 2.26. The van der Waals surface area contributed by atoms with Crippen LogP contribution in [0.25, 0.3) is 11.0 Å². The molecule has 0 amide bonds. The molecule has 2 heterocycles. The maximum absolute atomic E-state index is 5.25. The van der Waals surface area contributed by atoms with Crippen LogP contribution in [0.1, 0.15) is 11.9 Å². The number of hydrogen-bond donors (Lipinski definition) is 1. The second kappa shape index (κ2) is 4.82. The van der Waals surface area contributed by atoms with Crippen molar-refractivity contribution in [3.63, 3.8) is 0 Å². The summed E-state index contributed by atoms with van der Waals surface area (Å²) in [6.45, 7) is 1.06. The van der Waals surface area contributed by atoms with Gasteiger partial charge >= 0.3 is 0 Å². The van der Waals surface area contributed by atoms with E-state index in [1.54, 1.807) is 7.11 Å². The molecular weight excluding hydrogens is 246 g/mol. The normalized spacial score (nSPS) is 20.2. The Kier molecular flexibility index (Phi) is 3.18.